The Bertz CT molecular complexity index is 573. The number of aliphatic hydroxyl groups excluding tert-OH is 1. The Labute approximate surface area is 158 Å². The van der Waals surface area contributed by atoms with Gasteiger partial charge in [-0.1, -0.05) is 55.9 Å². The fourth-order valence-corrected chi connectivity index (χ4v) is 3.92. The van der Waals surface area contributed by atoms with E-state index in [1.165, 1.54) is 5.57 Å². The number of hydrogen-bond acceptors (Lipinski definition) is 4. The lowest BCUT2D eigenvalue weighted by Gasteiger charge is -2.43. The highest BCUT2D eigenvalue weighted by Crippen LogP contribution is 2.44. The first-order valence-corrected chi connectivity index (χ1v) is 9.49. The highest BCUT2D eigenvalue weighted by atomic mass is 16.8. The van der Waals surface area contributed by atoms with Crippen LogP contribution in [0.1, 0.15) is 40.0 Å². The zero-order valence-electron chi connectivity index (χ0n) is 16.8. The third-order valence-electron chi connectivity index (χ3n) is 5.19. The number of allylic oxidation sites excluding steroid dienone is 4. The van der Waals surface area contributed by atoms with Crippen LogP contribution in [0.3, 0.4) is 0 Å². The number of hydrogen-bond donors (Lipinski definition) is 1. The van der Waals surface area contributed by atoms with Gasteiger partial charge in [0, 0.05) is 20.1 Å². The van der Waals surface area contributed by atoms with Gasteiger partial charge in [-0.15, -0.1) is 0 Å². The van der Waals surface area contributed by atoms with E-state index in [0.717, 1.165) is 24.0 Å². The van der Waals surface area contributed by atoms with E-state index in [0.29, 0.717) is 12.3 Å². The van der Waals surface area contributed by atoms with Crippen molar-refractivity contribution in [3.8, 4) is 0 Å². The molecule has 0 aromatic rings. The summed E-state index contributed by atoms with van der Waals surface area (Å²) < 4.78 is 17.4. The predicted molar refractivity (Wildman–Crippen MR) is 104 cm³/mol. The molecule has 4 heteroatoms. The van der Waals surface area contributed by atoms with Gasteiger partial charge in [0.15, 0.2) is 12.6 Å². The first kappa shape index (κ1) is 21.1. The van der Waals surface area contributed by atoms with Crippen molar-refractivity contribution in [2.24, 2.45) is 17.8 Å². The van der Waals surface area contributed by atoms with Crippen LogP contribution in [0.2, 0.25) is 0 Å². The summed E-state index contributed by atoms with van der Waals surface area (Å²) in [5.41, 5.74) is 3.29. The van der Waals surface area contributed by atoms with Crippen LogP contribution in [-0.4, -0.2) is 38.0 Å². The molecule has 1 heterocycles. The van der Waals surface area contributed by atoms with Crippen LogP contribution < -0.4 is 0 Å². The highest BCUT2D eigenvalue weighted by Gasteiger charge is 2.43. The van der Waals surface area contributed by atoms with Gasteiger partial charge in [0.25, 0.3) is 0 Å². The van der Waals surface area contributed by atoms with Gasteiger partial charge in [0.1, 0.15) is 0 Å². The zero-order chi connectivity index (χ0) is 19.3. The Hall–Kier alpha value is -1.20. The van der Waals surface area contributed by atoms with Crippen LogP contribution in [-0.2, 0) is 14.2 Å². The van der Waals surface area contributed by atoms with Crippen molar-refractivity contribution in [1.29, 1.82) is 0 Å². The molecule has 1 fully saturated rings. The number of rotatable bonds is 4. The van der Waals surface area contributed by atoms with Gasteiger partial charge in [0.05, 0.1) is 6.10 Å². The Morgan fingerprint density at radius 2 is 2.04 bits per heavy atom. The van der Waals surface area contributed by atoms with E-state index in [1.54, 1.807) is 14.2 Å². The molecule has 5 atom stereocenters. The van der Waals surface area contributed by atoms with Crippen LogP contribution in [0.4, 0.5) is 0 Å². The Balaban J connectivity index is 2.43. The lowest BCUT2D eigenvalue weighted by atomic mass is 9.75. The standard InChI is InChI=1S/C22H34O4/c1-14(2)8-7-9-19-18-11-10-15(3)12-17(23)13-16(4)20(18)22(25-6)26-21(19)24-5/h7-9,12,14,17-18,20-23H,4,10-11,13H2,1-3,5-6H3. The third kappa shape index (κ3) is 5.17. The van der Waals surface area contributed by atoms with Crippen LogP contribution in [0.25, 0.3) is 0 Å². The molecule has 5 unspecified atom stereocenters. The quantitative estimate of drug-likeness (QED) is 0.754. The summed E-state index contributed by atoms with van der Waals surface area (Å²) in [5.74, 6) is 0.686. The molecule has 1 saturated heterocycles. The van der Waals surface area contributed by atoms with E-state index < -0.39 is 18.7 Å². The van der Waals surface area contributed by atoms with E-state index in [2.05, 4.69) is 45.6 Å². The number of ether oxygens (including phenoxy) is 3. The fourth-order valence-electron chi connectivity index (χ4n) is 3.92. The van der Waals surface area contributed by atoms with Gasteiger partial charge >= 0.3 is 0 Å². The summed E-state index contributed by atoms with van der Waals surface area (Å²) in [6, 6.07) is 0. The Kier molecular flexibility index (Phi) is 7.84. The van der Waals surface area contributed by atoms with E-state index in [-0.39, 0.29) is 11.8 Å². The summed E-state index contributed by atoms with van der Waals surface area (Å²) in [6.45, 7) is 10.7. The van der Waals surface area contributed by atoms with E-state index in [9.17, 15) is 5.11 Å². The highest BCUT2D eigenvalue weighted by molar-refractivity contribution is 5.26. The maximum absolute atomic E-state index is 10.3. The topological polar surface area (TPSA) is 47.9 Å². The minimum absolute atomic E-state index is 0.000880. The molecule has 0 spiro atoms. The summed E-state index contributed by atoms with van der Waals surface area (Å²) in [4.78, 5) is 0. The molecule has 0 radical (unpaired) electrons. The van der Waals surface area contributed by atoms with Gasteiger partial charge in [-0.25, -0.2) is 0 Å². The minimum Gasteiger partial charge on any atom is -0.389 e. The van der Waals surface area contributed by atoms with Gasteiger partial charge in [-0.2, -0.15) is 0 Å². The summed E-state index contributed by atoms with van der Waals surface area (Å²) >= 11 is 0. The van der Waals surface area contributed by atoms with Gasteiger partial charge < -0.3 is 19.3 Å². The van der Waals surface area contributed by atoms with Crippen molar-refractivity contribution in [1.82, 2.24) is 0 Å². The molecule has 146 valence electrons. The zero-order valence-corrected chi connectivity index (χ0v) is 16.8. The molecular formula is C22H34O4. The first-order valence-electron chi connectivity index (χ1n) is 9.49. The van der Waals surface area contributed by atoms with E-state index in [4.69, 9.17) is 14.2 Å². The normalized spacial score (nSPS) is 35.2. The molecule has 26 heavy (non-hydrogen) atoms. The molecule has 0 amide bonds. The maximum Gasteiger partial charge on any atom is 0.183 e. The van der Waals surface area contributed by atoms with Crippen LogP contribution in [0.15, 0.2) is 47.6 Å². The van der Waals surface area contributed by atoms with Crippen molar-refractivity contribution in [3.05, 3.63) is 47.6 Å². The van der Waals surface area contributed by atoms with E-state index >= 15 is 0 Å². The molecule has 2 aliphatic rings. The van der Waals surface area contributed by atoms with Crippen molar-refractivity contribution >= 4 is 0 Å². The molecule has 1 aliphatic heterocycles. The van der Waals surface area contributed by atoms with Gasteiger partial charge in [0.2, 0.25) is 0 Å². The van der Waals surface area contributed by atoms with Crippen molar-refractivity contribution in [2.75, 3.05) is 14.2 Å². The lowest BCUT2D eigenvalue weighted by molar-refractivity contribution is -0.256. The third-order valence-corrected chi connectivity index (χ3v) is 5.19. The van der Waals surface area contributed by atoms with Gasteiger partial charge in [-0.3, -0.25) is 0 Å². The average molecular weight is 363 g/mol. The number of methoxy groups -OCH3 is 2. The lowest BCUT2D eigenvalue weighted by Crippen LogP contribution is -2.45. The van der Waals surface area contributed by atoms with Crippen LogP contribution in [0, 0.1) is 17.8 Å². The second-order valence-corrected chi connectivity index (χ2v) is 7.72. The molecule has 1 N–H and O–H groups in total. The SMILES string of the molecule is C=C1CC(O)C=C(C)CCC2C(=CC=CC(C)C)C(OC)OC(OC)C12. The molecule has 2 rings (SSSR count). The van der Waals surface area contributed by atoms with E-state index in [1.807, 2.05) is 6.08 Å². The fraction of sp³-hybridized carbons (Fsp3) is 0.636. The second kappa shape index (κ2) is 9.65. The molecule has 0 saturated carbocycles. The second-order valence-electron chi connectivity index (χ2n) is 7.72. The van der Waals surface area contributed by atoms with Crippen molar-refractivity contribution in [3.63, 3.8) is 0 Å². The number of aliphatic hydroxyl groups is 1. The minimum atomic E-state index is -0.507. The first-order chi connectivity index (χ1) is 12.4. The van der Waals surface area contributed by atoms with Gasteiger partial charge in [-0.05, 0) is 43.6 Å². The smallest absolute Gasteiger partial charge is 0.183 e. The molecule has 1 aliphatic carbocycles. The van der Waals surface area contributed by atoms with Crippen LogP contribution >= 0.6 is 0 Å². The molecule has 0 aromatic heterocycles. The monoisotopic (exact) mass is 362 g/mol. The molecule has 0 bridgehead atoms. The van der Waals surface area contributed by atoms with Crippen molar-refractivity contribution < 1.29 is 19.3 Å². The largest absolute Gasteiger partial charge is 0.389 e. The summed E-state index contributed by atoms with van der Waals surface area (Å²) in [7, 11) is 3.32. The Morgan fingerprint density at radius 1 is 1.31 bits per heavy atom. The predicted octanol–water partition coefficient (Wildman–Crippen LogP) is 4.38. The molecular weight excluding hydrogens is 328 g/mol. The number of fused-ring (bicyclic) bond motifs is 1. The summed E-state index contributed by atoms with van der Waals surface area (Å²) in [6.07, 6.45) is 9.35. The molecule has 0 aromatic carbocycles. The molecule has 4 nitrogen and oxygen atoms in total. The van der Waals surface area contributed by atoms with Crippen LogP contribution in [0.5, 0.6) is 0 Å². The Morgan fingerprint density at radius 3 is 2.65 bits per heavy atom. The van der Waals surface area contributed by atoms with Crippen molar-refractivity contribution in [2.45, 2.75) is 58.7 Å². The summed E-state index contributed by atoms with van der Waals surface area (Å²) in [5, 5.41) is 10.3. The maximum atomic E-state index is 10.3. The average Bonchev–Trinajstić information content (AvgIpc) is 2.63.